The number of phenolic OH excluding ortho intramolecular Hbond substituents is 1. The van der Waals surface area contributed by atoms with Gasteiger partial charge in [0.1, 0.15) is 24.4 Å². The molecule has 3 rings (SSSR count). The molecular formula is C16H18O7. The molecule has 5 N–H and O–H groups in total. The van der Waals surface area contributed by atoms with Crippen LogP contribution in [0.2, 0.25) is 0 Å². The Bertz CT molecular complexity index is 687. The monoisotopic (exact) mass is 322 g/mol. The fraction of sp³-hybridized carbons (Fsp3) is 0.375. The summed E-state index contributed by atoms with van der Waals surface area (Å²) in [5.41, 5.74) is 0. The zero-order chi connectivity index (χ0) is 16.6. The summed E-state index contributed by atoms with van der Waals surface area (Å²) in [7, 11) is 0. The van der Waals surface area contributed by atoms with E-state index in [1.54, 1.807) is 6.07 Å². The first-order valence-corrected chi connectivity index (χ1v) is 7.20. The molecule has 0 spiro atoms. The van der Waals surface area contributed by atoms with E-state index in [-0.39, 0.29) is 11.5 Å². The van der Waals surface area contributed by atoms with E-state index >= 15 is 0 Å². The molecule has 0 amide bonds. The lowest BCUT2D eigenvalue weighted by molar-refractivity contribution is -0.277. The van der Waals surface area contributed by atoms with E-state index in [1.165, 1.54) is 6.07 Å². The Kier molecular flexibility index (Phi) is 4.38. The van der Waals surface area contributed by atoms with E-state index in [2.05, 4.69) is 0 Å². The summed E-state index contributed by atoms with van der Waals surface area (Å²) < 4.78 is 10.7. The van der Waals surface area contributed by atoms with Crippen molar-refractivity contribution in [2.24, 2.45) is 0 Å². The third-order valence-corrected chi connectivity index (χ3v) is 3.92. The smallest absolute Gasteiger partial charge is 0.229 e. The predicted octanol–water partition coefficient (Wildman–Crippen LogP) is -0.276. The van der Waals surface area contributed by atoms with E-state index in [0.29, 0.717) is 0 Å². The molecule has 0 saturated carbocycles. The van der Waals surface area contributed by atoms with Gasteiger partial charge in [-0.15, -0.1) is 0 Å². The molecule has 7 nitrogen and oxygen atoms in total. The van der Waals surface area contributed by atoms with Gasteiger partial charge in [0.15, 0.2) is 11.5 Å². The SMILES string of the molecule is OC[C@H]1O[C@@H](Oc2cc3ccccc3cc2O)[C@H](O)[C@@H](O)[C@@H]1O. The predicted molar refractivity (Wildman–Crippen MR) is 80.0 cm³/mol. The first kappa shape index (κ1) is 16.0. The molecular weight excluding hydrogens is 304 g/mol. The van der Waals surface area contributed by atoms with Gasteiger partial charge in [-0.2, -0.15) is 0 Å². The average Bonchev–Trinajstić information content (AvgIpc) is 2.56. The molecule has 0 unspecified atom stereocenters. The number of hydrogen-bond donors (Lipinski definition) is 5. The maximum absolute atomic E-state index is 10.0. The van der Waals surface area contributed by atoms with Crippen LogP contribution in [0.25, 0.3) is 10.8 Å². The molecule has 1 saturated heterocycles. The molecule has 124 valence electrons. The van der Waals surface area contributed by atoms with Crippen molar-refractivity contribution in [3.05, 3.63) is 36.4 Å². The number of aliphatic hydroxyl groups is 4. The minimum Gasteiger partial charge on any atom is -0.504 e. The van der Waals surface area contributed by atoms with Gasteiger partial charge >= 0.3 is 0 Å². The van der Waals surface area contributed by atoms with Gasteiger partial charge in [-0.1, -0.05) is 24.3 Å². The standard InChI is InChI=1S/C16H18O7/c17-7-12-13(19)14(20)15(21)16(23-12)22-11-6-9-4-2-1-3-8(9)5-10(11)18/h1-6,12-21H,7H2/t12-,13-,14+,15-,16-/m1/s1. The first-order chi connectivity index (χ1) is 11.0. The molecule has 1 heterocycles. The van der Waals surface area contributed by atoms with Crippen molar-refractivity contribution in [1.82, 2.24) is 0 Å². The normalized spacial score (nSPS) is 31.2. The second kappa shape index (κ2) is 6.31. The zero-order valence-corrected chi connectivity index (χ0v) is 12.1. The van der Waals surface area contributed by atoms with Crippen LogP contribution in [0.3, 0.4) is 0 Å². The third-order valence-electron chi connectivity index (χ3n) is 3.92. The van der Waals surface area contributed by atoms with Crippen LogP contribution in [0, 0.1) is 0 Å². The molecule has 0 radical (unpaired) electrons. The molecule has 0 bridgehead atoms. The molecule has 5 atom stereocenters. The van der Waals surface area contributed by atoms with Crippen LogP contribution in [0.1, 0.15) is 0 Å². The van der Waals surface area contributed by atoms with Gasteiger partial charge in [0.05, 0.1) is 6.61 Å². The number of phenols is 1. The fourth-order valence-electron chi connectivity index (χ4n) is 2.59. The summed E-state index contributed by atoms with van der Waals surface area (Å²) in [6.45, 7) is -0.547. The summed E-state index contributed by atoms with van der Waals surface area (Å²) in [6.07, 6.45) is -6.93. The summed E-state index contributed by atoms with van der Waals surface area (Å²) in [5.74, 6) is -0.0892. The zero-order valence-electron chi connectivity index (χ0n) is 12.1. The fourth-order valence-corrected chi connectivity index (χ4v) is 2.59. The van der Waals surface area contributed by atoms with Crippen molar-refractivity contribution in [2.45, 2.75) is 30.7 Å². The highest BCUT2D eigenvalue weighted by molar-refractivity contribution is 5.85. The van der Waals surface area contributed by atoms with Crippen molar-refractivity contribution in [3.8, 4) is 11.5 Å². The van der Waals surface area contributed by atoms with Gasteiger partial charge < -0.3 is 35.0 Å². The molecule has 2 aromatic rings. The molecule has 23 heavy (non-hydrogen) atoms. The first-order valence-electron chi connectivity index (χ1n) is 7.20. The van der Waals surface area contributed by atoms with Crippen LogP contribution >= 0.6 is 0 Å². The van der Waals surface area contributed by atoms with Crippen molar-refractivity contribution in [3.63, 3.8) is 0 Å². The average molecular weight is 322 g/mol. The highest BCUT2D eigenvalue weighted by Gasteiger charge is 2.44. The van der Waals surface area contributed by atoms with E-state index in [1.807, 2.05) is 24.3 Å². The minimum absolute atomic E-state index is 0.0630. The molecule has 0 aliphatic carbocycles. The van der Waals surface area contributed by atoms with Gasteiger partial charge in [-0.25, -0.2) is 0 Å². The molecule has 0 aromatic heterocycles. The molecule has 1 fully saturated rings. The summed E-state index contributed by atoms with van der Waals surface area (Å²) >= 11 is 0. The molecule has 1 aliphatic rings. The number of fused-ring (bicyclic) bond motifs is 1. The van der Waals surface area contributed by atoms with Crippen molar-refractivity contribution in [1.29, 1.82) is 0 Å². The number of aromatic hydroxyl groups is 1. The van der Waals surface area contributed by atoms with Crippen molar-refractivity contribution >= 4 is 10.8 Å². The number of aliphatic hydroxyl groups excluding tert-OH is 4. The highest BCUT2D eigenvalue weighted by Crippen LogP contribution is 2.34. The molecule has 1 aliphatic heterocycles. The van der Waals surface area contributed by atoms with Gasteiger partial charge in [-0.05, 0) is 22.9 Å². The second-order valence-electron chi connectivity index (χ2n) is 5.48. The summed E-state index contributed by atoms with van der Waals surface area (Å²) in [5, 5.41) is 50.3. The Morgan fingerprint density at radius 1 is 0.957 bits per heavy atom. The third kappa shape index (κ3) is 2.97. The summed E-state index contributed by atoms with van der Waals surface area (Å²) in [6, 6.07) is 10.4. The van der Waals surface area contributed by atoms with E-state index in [0.717, 1.165) is 10.8 Å². The van der Waals surface area contributed by atoms with E-state index in [9.17, 15) is 20.4 Å². The largest absolute Gasteiger partial charge is 0.504 e. The lowest BCUT2D eigenvalue weighted by Gasteiger charge is -2.39. The highest BCUT2D eigenvalue weighted by atomic mass is 16.7. The van der Waals surface area contributed by atoms with Gasteiger partial charge in [0.25, 0.3) is 0 Å². The van der Waals surface area contributed by atoms with E-state index in [4.69, 9.17) is 14.6 Å². The Morgan fingerprint density at radius 3 is 2.26 bits per heavy atom. The van der Waals surface area contributed by atoms with Crippen LogP contribution in [-0.4, -0.2) is 62.8 Å². The quantitative estimate of drug-likeness (QED) is 0.527. The number of hydrogen-bond acceptors (Lipinski definition) is 7. The summed E-state index contributed by atoms with van der Waals surface area (Å²) in [4.78, 5) is 0. The second-order valence-corrected chi connectivity index (χ2v) is 5.48. The van der Waals surface area contributed by atoms with Gasteiger partial charge in [0.2, 0.25) is 6.29 Å². The number of benzene rings is 2. The maximum atomic E-state index is 10.0. The van der Waals surface area contributed by atoms with Crippen LogP contribution in [0.4, 0.5) is 0 Å². The van der Waals surface area contributed by atoms with Crippen LogP contribution in [0.15, 0.2) is 36.4 Å². The topological polar surface area (TPSA) is 120 Å². The number of rotatable bonds is 3. The molecule has 2 aromatic carbocycles. The minimum atomic E-state index is -1.53. The van der Waals surface area contributed by atoms with Gasteiger partial charge in [0, 0.05) is 0 Å². The van der Waals surface area contributed by atoms with Crippen LogP contribution in [-0.2, 0) is 4.74 Å². The Morgan fingerprint density at radius 2 is 1.61 bits per heavy atom. The van der Waals surface area contributed by atoms with E-state index < -0.39 is 37.3 Å². The Labute approximate surface area is 131 Å². The van der Waals surface area contributed by atoms with Crippen molar-refractivity contribution in [2.75, 3.05) is 6.61 Å². The number of ether oxygens (including phenoxy) is 2. The van der Waals surface area contributed by atoms with Crippen LogP contribution in [0.5, 0.6) is 11.5 Å². The molecule has 7 heteroatoms. The van der Waals surface area contributed by atoms with Crippen molar-refractivity contribution < 1.29 is 35.0 Å². The maximum Gasteiger partial charge on any atom is 0.229 e. The Balaban J connectivity index is 1.87. The Hall–Kier alpha value is -1.90. The lowest BCUT2D eigenvalue weighted by atomic mass is 9.99. The van der Waals surface area contributed by atoms with Gasteiger partial charge in [-0.3, -0.25) is 0 Å². The lowest BCUT2D eigenvalue weighted by Crippen LogP contribution is -2.60. The van der Waals surface area contributed by atoms with Crippen LogP contribution < -0.4 is 4.74 Å².